The van der Waals surface area contributed by atoms with Gasteiger partial charge in [0.2, 0.25) is 10.0 Å². The van der Waals surface area contributed by atoms with Gasteiger partial charge in [-0.25, -0.2) is 13.1 Å². The summed E-state index contributed by atoms with van der Waals surface area (Å²) in [6.07, 6.45) is 8.33. The fraction of sp³-hybridized carbons (Fsp3) is 0.769. The quantitative estimate of drug-likeness (QED) is 0.740. The molecule has 0 aromatic carbocycles. The summed E-state index contributed by atoms with van der Waals surface area (Å²) in [6, 6.07) is 0.0823. The van der Waals surface area contributed by atoms with E-state index >= 15 is 0 Å². The lowest BCUT2D eigenvalue weighted by atomic mass is 9.96. The van der Waals surface area contributed by atoms with Crippen LogP contribution in [0.15, 0.2) is 17.3 Å². The number of likely N-dealkylation sites (N-methyl/N-ethyl adjacent to an activating group) is 1. The highest BCUT2D eigenvalue weighted by atomic mass is 32.2. The van der Waals surface area contributed by atoms with E-state index in [9.17, 15) is 8.42 Å². The number of sulfonamides is 1. The topological polar surface area (TPSA) is 76.0 Å². The van der Waals surface area contributed by atoms with Crippen molar-refractivity contribution < 1.29 is 8.42 Å². The Morgan fingerprint density at radius 2 is 2.10 bits per heavy atom. The Labute approximate surface area is 121 Å². The molecule has 0 atom stereocenters. The van der Waals surface area contributed by atoms with Gasteiger partial charge in [-0.3, -0.25) is 4.68 Å². The molecule has 1 heterocycles. The molecular weight excluding hydrogens is 276 g/mol. The summed E-state index contributed by atoms with van der Waals surface area (Å²) in [4.78, 5) is 0.263. The van der Waals surface area contributed by atoms with Crippen molar-refractivity contribution in [2.45, 2.75) is 56.5 Å². The van der Waals surface area contributed by atoms with Gasteiger partial charge in [0.15, 0.2) is 0 Å². The first kappa shape index (κ1) is 15.5. The molecule has 1 aliphatic rings. The molecule has 1 aliphatic carbocycles. The average molecular weight is 300 g/mol. The smallest absolute Gasteiger partial charge is 0.243 e. The maximum absolute atomic E-state index is 12.3. The molecule has 0 unspecified atom stereocenters. The molecule has 0 radical (unpaired) electrons. The van der Waals surface area contributed by atoms with Crippen LogP contribution in [-0.4, -0.2) is 37.3 Å². The molecule has 114 valence electrons. The molecule has 1 aromatic rings. The monoisotopic (exact) mass is 300 g/mol. The molecule has 6 nitrogen and oxygen atoms in total. The van der Waals surface area contributed by atoms with Crippen LogP contribution in [0.4, 0.5) is 0 Å². The van der Waals surface area contributed by atoms with Gasteiger partial charge in [0, 0.05) is 18.8 Å². The normalized spacial score (nSPS) is 17.4. The van der Waals surface area contributed by atoms with Crippen LogP contribution >= 0.6 is 0 Å². The van der Waals surface area contributed by atoms with Crippen molar-refractivity contribution in [2.24, 2.45) is 0 Å². The van der Waals surface area contributed by atoms with E-state index in [4.69, 9.17) is 0 Å². The highest BCUT2D eigenvalue weighted by Crippen LogP contribution is 2.19. The lowest BCUT2D eigenvalue weighted by Gasteiger charge is -2.22. The van der Waals surface area contributed by atoms with Crippen LogP contribution in [0.25, 0.3) is 0 Å². The van der Waals surface area contributed by atoms with E-state index in [1.165, 1.54) is 12.6 Å². The van der Waals surface area contributed by atoms with Gasteiger partial charge >= 0.3 is 0 Å². The van der Waals surface area contributed by atoms with Crippen LogP contribution < -0.4 is 10.0 Å². The highest BCUT2D eigenvalue weighted by molar-refractivity contribution is 7.89. The zero-order valence-electron chi connectivity index (χ0n) is 12.0. The number of hydrogen-bond donors (Lipinski definition) is 2. The SMILES string of the molecule is CCNCCn1cc(S(=O)(=O)NC2CCCCC2)cn1. The molecule has 7 heteroatoms. The van der Waals surface area contributed by atoms with Crippen molar-refractivity contribution in [2.75, 3.05) is 13.1 Å². The fourth-order valence-corrected chi connectivity index (χ4v) is 3.74. The Morgan fingerprint density at radius 1 is 1.35 bits per heavy atom. The molecule has 0 amide bonds. The lowest BCUT2D eigenvalue weighted by Crippen LogP contribution is -2.36. The molecule has 1 saturated carbocycles. The van der Waals surface area contributed by atoms with Gasteiger partial charge in [0.05, 0.1) is 12.7 Å². The highest BCUT2D eigenvalue weighted by Gasteiger charge is 2.22. The second kappa shape index (κ2) is 7.19. The van der Waals surface area contributed by atoms with Gasteiger partial charge in [-0.15, -0.1) is 0 Å². The molecular formula is C13H24N4O2S. The van der Waals surface area contributed by atoms with Crippen LogP contribution in [0.5, 0.6) is 0 Å². The third-order valence-electron chi connectivity index (χ3n) is 3.61. The first-order valence-corrected chi connectivity index (χ1v) is 8.85. The van der Waals surface area contributed by atoms with Crippen LogP contribution in [0.2, 0.25) is 0 Å². The Kier molecular flexibility index (Phi) is 5.56. The van der Waals surface area contributed by atoms with E-state index in [0.29, 0.717) is 6.54 Å². The third-order valence-corrected chi connectivity index (χ3v) is 5.09. The molecule has 0 saturated heterocycles. The van der Waals surface area contributed by atoms with Crippen LogP contribution in [-0.2, 0) is 16.6 Å². The molecule has 1 aromatic heterocycles. The molecule has 0 spiro atoms. The largest absolute Gasteiger partial charge is 0.315 e. The number of hydrogen-bond acceptors (Lipinski definition) is 4. The van der Waals surface area contributed by atoms with Crippen LogP contribution in [0.3, 0.4) is 0 Å². The Hall–Kier alpha value is -0.920. The summed E-state index contributed by atoms with van der Waals surface area (Å²) >= 11 is 0. The second-order valence-corrected chi connectivity index (χ2v) is 6.96. The summed E-state index contributed by atoms with van der Waals surface area (Å²) < 4.78 is 29.0. The van der Waals surface area contributed by atoms with E-state index < -0.39 is 10.0 Å². The predicted octanol–water partition coefficient (Wildman–Crippen LogP) is 1.10. The first-order valence-electron chi connectivity index (χ1n) is 7.37. The van der Waals surface area contributed by atoms with Crippen molar-refractivity contribution in [1.29, 1.82) is 0 Å². The van der Waals surface area contributed by atoms with Crippen molar-refractivity contribution >= 4 is 10.0 Å². The van der Waals surface area contributed by atoms with Gasteiger partial charge in [-0.1, -0.05) is 26.2 Å². The van der Waals surface area contributed by atoms with Gasteiger partial charge in [0.25, 0.3) is 0 Å². The van der Waals surface area contributed by atoms with E-state index in [-0.39, 0.29) is 10.9 Å². The minimum Gasteiger partial charge on any atom is -0.315 e. The number of nitrogens with zero attached hydrogens (tertiary/aromatic N) is 2. The zero-order chi connectivity index (χ0) is 14.4. The maximum Gasteiger partial charge on any atom is 0.243 e. The summed E-state index contributed by atoms with van der Waals surface area (Å²) in [5, 5.41) is 7.29. The Balaban J connectivity index is 1.94. The van der Waals surface area contributed by atoms with Crippen molar-refractivity contribution in [1.82, 2.24) is 19.8 Å². The predicted molar refractivity (Wildman–Crippen MR) is 78.0 cm³/mol. The van der Waals surface area contributed by atoms with Crippen molar-refractivity contribution in [3.05, 3.63) is 12.4 Å². The first-order chi connectivity index (χ1) is 9.62. The van der Waals surface area contributed by atoms with Gasteiger partial charge in [-0.2, -0.15) is 5.10 Å². The molecule has 0 bridgehead atoms. The minimum atomic E-state index is -3.42. The summed E-state index contributed by atoms with van der Waals surface area (Å²) in [5.74, 6) is 0. The van der Waals surface area contributed by atoms with E-state index in [1.54, 1.807) is 10.9 Å². The Bertz CT molecular complexity index is 506. The molecule has 1 fully saturated rings. The fourth-order valence-electron chi connectivity index (χ4n) is 2.48. The van der Waals surface area contributed by atoms with Crippen molar-refractivity contribution in [3.8, 4) is 0 Å². The molecule has 2 N–H and O–H groups in total. The van der Waals surface area contributed by atoms with Gasteiger partial charge < -0.3 is 5.32 Å². The summed E-state index contributed by atoms with van der Waals surface area (Å²) in [5.41, 5.74) is 0. The van der Waals surface area contributed by atoms with Crippen LogP contribution in [0.1, 0.15) is 39.0 Å². The molecule has 0 aliphatic heterocycles. The van der Waals surface area contributed by atoms with Gasteiger partial charge in [0.1, 0.15) is 4.90 Å². The molecule has 20 heavy (non-hydrogen) atoms. The standard InChI is InChI=1S/C13H24N4O2S/c1-2-14-8-9-17-11-13(10-15-17)20(18,19)16-12-6-4-3-5-7-12/h10-12,14,16H,2-9H2,1H3. The summed E-state index contributed by atoms with van der Waals surface area (Å²) in [7, 11) is -3.42. The maximum atomic E-state index is 12.3. The minimum absolute atomic E-state index is 0.0823. The van der Waals surface area contributed by atoms with E-state index in [2.05, 4.69) is 15.1 Å². The van der Waals surface area contributed by atoms with Crippen molar-refractivity contribution in [3.63, 3.8) is 0 Å². The van der Waals surface area contributed by atoms with E-state index in [1.807, 2.05) is 6.92 Å². The Morgan fingerprint density at radius 3 is 2.80 bits per heavy atom. The number of rotatable bonds is 7. The summed E-state index contributed by atoms with van der Waals surface area (Å²) in [6.45, 7) is 4.39. The van der Waals surface area contributed by atoms with Crippen LogP contribution in [0, 0.1) is 0 Å². The zero-order valence-corrected chi connectivity index (χ0v) is 12.8. The third kappa shape index (κ3) is 4.29. The van der Waals surface area contributed by atoms with Gasteiger partial charge in [-0.05, 0) is 19.4 Å². The number of aromatic nitrogens is 2. The number of nitrogens with one attached hydrogen (secondary N) is 2. The lowest BCUT2D eigenvalue weighted by molar-refractivity contribution is 0.412. The second-order valence-electron chi connectivity index (χ2n) is 5.25. The van der Waals surface area contributed by atoms with E-state index in [0.717, 1.165) is 38.8 Å². The average Bonchev–Trinajstić information content (AvgIpc) is 2.89. The molecule has 2 rings (SSSR count).